The van der Waals surface area contributed by atoms with Gasteiger partial charge in [-0.15, -0.1) is 0 Å². The van der Waals surface area contributed by atoms with Crippen LogP contribution in [0.15, 0.2) is 24.5 Å². The summed E-state index contributed by atoms with van der Waals surface area (Å²) in [6.07, 6.45) is 1.90. The maximum atomic E-state index is 14.6. The number of aliphatic hydroxyl groups is 1. The van der Waals surface area contributed by atoms with Crippen molar-refractivity contribution < 1.29 is 36.9 Å². The smallest absolute Gasteiger partial charge is 0.388 e. The molecule has 0 aromatic carbocycles. The van der Waals surface area contributed by atoms with Crippen molar-refractivity contribution in [2.75, 3.05) is 11.5 Å². The number of aromatic nitrogens is 4. The summed E-state index contributed by atoms with van der Waals surface area (Å²) < 4.78 is 64.3. The summed E-state index contributed by atoms with van der Waals surface area (Å²) in [4.78, 5) is 20.5. The number of halogens is 3. The molecule has 34 heavy (non-hydrogen) atoms. The Morgan fingerprint density at radius 2 is 1.94 bits per heavy atom. The van der Waals surface area contributed by atoms with Crippen molar-refractivity contribution in [3.63, 3.8) is 0 Å². The summed E-state index contributed by atoms with van der Waals surface area (Å²) >= 11 is 0. The van der Waals surface area contributed by atoms with Gasteiger partial charge >= 0.3 is 6.61 Å². The van der Waals surface area contributed by atoms with Crippen molar-refractivity contribution >= 4 is 27.5 Å². The molecule has 14 heteroatoms. The average molecular weight is 501 g/mol. The largest absolute Gasteiger partial charge is 0.417 e. The summed E-state index contributed by atoms with van der Waals surface area (Å²) in [6, 6.07) is 2.32. The minimum absolute atomic E-state index is 0.0264. The summed E-state index contributed by atoms with van der Waals surface area (Å²) in [5.74, 6) is -1.94. The van der Waals surface area contributed by atoms with E-state index in [0.717, 1.165) is 10.7 Å². The van der Waals surface area contributed by atoms with E-state index in [2.05, 4.69) is 25.1 Å². The predicted molar refractivity (Wildman–Crippen MR) is 117 cm³/mol. The minimum Gasteiger partial charge on any atom is -0.417 e. The molecule has 0 spiro atoms. The van der Waals surface area contributed by atoms with Crippen LogP contribution in [0.5, 0.6) is 5.88 Å². The van der Waals surface area contributed by atoms with Crippen LogP contribution in [-0.2, 0) is 5.60 Å². The highest BCUT2D eigenvalue weighted by molar-refractivity contribution is 8.25. The first-order valence-electron chi connectivity index (χ1n) is 9.96. The molecule has 1 amide bonds. The van der Waals surface area contributed by atoms with Crippen LogP contribution in [0.3, 0.4) is 0 Å². The molecule has 0 unspecified atom stereocenters. The molecule has 1 aliphatic rings. The van der Waals surface area contributed by atoms with Gasteiger partial charge in [-0.05, 0) is 26.8 Å². The fourth-order valence-electron chi connectivity index (χ4n) is 3.87. The van der Waals surface area contributed by atoms with Crippen LogP contribution < -0.4 is 10.1 Å². The van der Waals surface area contributed by atoms with Gasteiger partial charge in [-0.1, -0.05) is 0 Å². The number of carbonyl (C=O) groups excluding carboxylic acids is 1. The molecule has 0 atom stereocenters. The number of fused-ring (bicyclic) bond motifs is 1. The molecule has 0 radical (unpaired) electrons. The molecule has 0 aliphatic carbocycles. The van der Waals surface area contributed by atoms with E-state index in [-0.39, 0.29) is 39.5 Å². The molecule has 10 nitrogen and oxygen atoms in total. The topological polar surface area (TPSA) is 143 Å². The molecule has 1 saturated heterocycles. The Hall–Kier alpha value is -2.94. The molecule has 4 heterocycles. The number of ether oxygens (including phenoxy) is 1. The van der Waals surface area contributed by atoms with Gasteiger partial charge in [0.2, 0.25) is 5.88 Å². The van der Waals surface area contributed by atoms with E-state index in [1.807, 2.05) is 0 Å². The fourth-order valence-corrected chi connectivity index (χ4v) is 5.97. The van der Waals surface area contributed by atoms with Crippen LogP contribution in [0.25, 0.3) is 16.7 Å². The number of nitrogens with zero attached hydrogens (tertiary/aromatic N) is 4. The summed E-state index contributed by atoms with van der Waals surface area (Å²) in [6.45, 7) is 1.37. The Morgan fingerprint density at radius 1 is 1.26 bits per heavy atom. The molecule has 1 fully saturated rings. The van der Waals surface area contributed by atoms with E-state index in [1.165, 1.54) is 26.1 Å². The molecule has 3 aromatic heterocycles. The molecule has 184 valence electrons. The number of carbonyl (C=O) groups is 1. The highest BCUT2D eigenvalue weighted by Gasteiger charge is 2.45. The average Bonchev–Trinajstić information content (AvgIpc) is 3.06. The molecule has 0 saturated carbocycles. The van der Waals surface area contributed by atoms with Crippen molar-refractivity contribution in [2.24, 2.45) is 0 Å². The third kappa shape index (κ3) is 4.66. The first kappa shape index (κ1) is 24.2. The standard InChI is InChI=1S/C20H22F3N5O5S/c1-19(2,30)15-11-4-10(17(29)26-20(3)8-34(31,32)9-20)6-25-16(11)28(27-15)13-5-14(33-18(22)23)24-7-12(13)21/h4-7,18,30-32H,8-9H2,1-3H3,(H,26,29). The van der Waals surface area contributed by atoms with Crippen molar-refractivity contribution in [2.45, 2.75) is 38.5 Å². The lowest BCUT2D eigenvalue weighted by Gasteiger charge is -2.54. The molecule has 0 bridgehead atoms. The van der Waals surface area contributed by atoms with Gasteiger partial charge in [0.25, 0.3) is 5.91 Å². The van der Waals surface area contributed by atoms with Gasteiger partial charge in [-0.2, -0.15) is 24.5 Å². The van der Waals surface area contributed by atoms with Crippen LogP contribution in [0.4, 0.5) is 13.2 Å². The van der Waals surface area contributed by atoms with E-state index < -0.39 is 45.9 Å². The van der Waals surface area contributed by atoms with Crippen molar-refractivity contribution in [3.8, 4) is 11.6 Å². The van der Waals surface area contributed by atoms with Crippen molar-refractivity contribution in [1.82, 2.24) is 25.1 Å². The number of rotatable bonds is 6. The maximum Gasteiger partial charge on any atom is 0.388 e. The fraction of sp³-hybridized carbons (Fsp3) is 0.400. The lowest BCUT2D eigenvalue weighted by molar-refractivity contribution is -0.0529. The normalized spacial score (nSPS) is 17.9. The zero-order valence-electron chi connectivity index (χ0n) is 18.3. The molecule has 4 rings (SSSR count). The Morgan fingerprint density at radius 3 is 2.53 bits per heavy atom. The predicted octanol–water partition coefficient (Wildman–Crippen LogP) is 3.04. The van der Waals surface area contributed by atoms with Crippen molar-refractivity contribution in [1.29, 1.82) is 0 Å². The molecule has 4 N–H and O–H groups in total. The molecular weight excluding hydrogens is 479 g/mol. The van der Waals surface area contributed by atoms with Gasteiger partial charge in [-0.3, -0.25) is 13.9 Å². The Labute approximate surface area is 193 Å². The molecule has 1 aliphatic heterocycles. The summed E-state index contributed by atoms with van der Waals surface area (Å²) in [5, 5.41) is 17.8. The summed E-state index contributed by atoms with van der Waals surface area (Å²) in [5.41, 5.74) is -2.44. The Kier molecular flexibility index (Phi) is 5.75. The van der Waals surface area contributed by atoms with E-state index in [9.17, 15) is 32.2 Å². The SMILES string of the molecule is CC1(NC(=O)c2cnc3c(c2)c(C(C)(C)O)nn3-c2cc(OC(F)F)ncc2F)CS(O)(O)C1. The minimum atomic E-state index is -3.17. The number of hydrogen-bond acceptors (Lipinski definition) is 8. The third-order valence-electron chi connectivity index (χ3n) is 5.13. The summed E-state index contributed by atoms with van der Waals surface area (Å²) in [7, 11) is -2.69. The Bertz CT molecular complexity index is 1270. The zero-order chi connectivity index (χ0) is 25.1. The second-order valence-electron chi connectivity index (χ2n) is 8.87. The quantitative estimate of drug-likeness (QED) is 0.404. The first-order valence-corrected chi connectivity index (χ1v) is 11.8. The van der Waals surface area contributed by atoms with Crippen molar-refractivity contribution in [3.05, 3.63) is 41.6 Å². The van der Waals surface area contributed by atoms with Crippen LogP contribution in [0.1, 0.15) is 36.8 Å². The van der Waals surface area contributed by atoms with Gasteiger partial charge in [0.1, 0.15) is 17.0 Å². The number of alkyl halides is 2. The van der Waals surface area contributed by atoms with E-state index in [0.29, 0.717) is 6.20 Å². The van der Waals surface area contributed by atoms with E-state index >= 15 is 0 Å². The van der Waals surface area contributed by atoms with Gasteiger partial charge < -0.3 is 15.2 Å². The van der Waals surface area contributed by atoms with Gasteiger partial charge in [0.05, 0.1) is 28.8 Å². The monoisotopic (exact) mass is 501 g/mol. The van der Waals surface area contributed by atoms with Gasteiger partial charge in [0.15, 0.2) is 11.5 Å². The second kappa shape index (κ2) is 8.08. The molecule has 3 aromatic rings. The number of hydrogen-bond donors (Lipinski definition) is 4. The lowest BCUT2D eigenvalue weighted by atomic mass is 10.0. The third-order valence-corrected chi connectivity index (χ3v) is 7.33. The zero-order valence-corrected chi connectivity index (χ0v) is 19.1. The maximum absolute atomic E-state index is 14.6. The van der Waals surface area contributed by atoms with Gasteiger partial charge in [-0.25, -0.2) is 19.0 Å². The highest BCUT2D eigenvalue weighted by atomic mass is 32.3. The van der Waals surface area contributed by atoms with Crippen LogP contribution >= 0.6 is 10.6 Å². The van der Waals surface area contributed by atoms with E-state index in [4.69, 9.17) is 0 Å². The van der Waals surface area contributed by atoms with Gasteiger partial charge in [0, 0.05) is 17.6 Å². The Balaban J connectivity index is 1.77. The van der Waals surface area contributed by atoms with E-state index in [1.54, 1.807) is 6.92 Å². The van der Waals surface area contributed by atoms with Crippen LogP contribution in [0, 0.1) is 5.82 Å². The molecular formula is C20H22F3N5O5S. The number of amides is 1. The number of pyridine rings is 2. The highest BCUT2D eigenvalue weighted by Crippen LogP contribution is 2.53. The van der Waals surface area contributed by atoms with Crippen LogP contribution in [0.2, 0.25) is 0 Å². The first-order chi connectivity index (χ1) is 15.7. The van der Waals surface area contributed by atoms with Crippen LogP contribution in [-0.4, -0.2) is 63.5 Å². The lowest BCUT2D eigenvalue weighted by Crippen LogP contribution is -2.61. The number of nitrogens with one attached hydrogen (secondary N) is 1. The second-order valence-corrected chi connectivity index (χ2v) is 11.1.